The number of carbonyl (C=O) groups is 1. The van der Waals surface area contributed by atoms with E-state index in [9.17, 15) is 9.18 Å². The number of hydrogen-bond donors (Lipinski definition) is 1. The fraction of sp³-hybridized carbons (Fsp3) is 0.400. The third kappa shape index (κ3) is 4.17. The number of rotatable bonds is 5. The summed E-state index contributed by atoms with van der Waals surface area (Å²) in [5.74, 6) is -0.657. The zero-order chi connectivity index (χ0) is 17.1. The van der Waals surface area contributed by atoms with Gasteiger partial charge in [-0.3, -0.25) is 4.79 Å². The van der Waals surface area contributed by atoms with Gasteiger partial charge in [-0.25, -0.2) is 4.39 Å². The summed E-state index contributed by atoms with van der Waals surface area (Å²) in [6, 6.07) is 3.87. The molecule has 24 heavy (non-hydrogen) atoms. The van der Waals surface area contributed by atoms with Gasteiger partial charge in [0.05, 0.1) is 16.0 Å². The fourth-order valence-corrected chi connectivity index (χ4v) is 4.57. The molecule has 2 heterocycles. The number of hydrogen-bond acceptors (Lipinski definition) is 6. The lowest BCUT2D eigenvalue weighted by atomic mass is 10.3. The normalized spacial score (nSPS) is 15.5. The van der Waals surface area contributed by atoms with Crippen molar-refractivity contribution in [1.29, 1.82) is 0 Å². The minimum atomic E-state index is -0.441. The van der Waals surface area contributed by atoms with Gasteiger partial charge in [-0.1, -0.05) is 34.7 Å². The van der Waals surface area contributed by atoms with Gasteiger partial charge < -0.3 is 10.2 Å². The third-order valence-corrected chi connectivity index (χ3v) is 6.09. The third-order valence-electron chi connectivity index (χ3n) is 3.61. The highest BCUT2D eigenvalue weighted by atomic mass is 35.5. The Morgan fingerprint density at radius 2 is 2.17 bits per heavy atom. The van der Waals surface area contributed by atoms with E-state index in [0.717, 1.165) is 22.6 Å². The van der Waals surface area contributed by atoms with Crippen LogP contribution >= 0.6 is 34.7 Å². The molecule has 9 heteroatoms. The van der Waals surface area contributed by atoms with Gasteiger partial charge in [0.25, 0.3) is 0 Å². The molecule has 5 nitrogen and oxygen atoms in total. The SMILES string of the molecule is CC(Sc1nnc(N2CCCC2)s1)C(=O)Nc1ccc(F)cc1Cl. The molecule has 2 aromatic rings. The minimum Gasteiger partial charge on any atom is -0.347 e. The molecular weight excluding hydrogens is 371 g/mol. The van der Waals surface area contributed by atoms with Gasteiger partial charge in [0.2, 0.25) is 11.0 Å². The van der Waals surface area contributed by atoms with Crippen molar-refractivity contribution >= 4 is 51.4 Å². The van der Waals surface area contributed by atoms with Crippen LogP contribution in [0.25, 0.3) is 0 Å². The van der Waals surface area contributed by atoms with Gasteiger partial charge in [-0.15, -0.1) is 10.2 Å². The van der Waals surface area contributed by atoms with Crippen molar-refractivity contribution in [3.8, 4) is 0 Å². The molecule has 1 aliphatic heterocycles. The summed E-state index contributed by atoms with van der Waals surface area (Å²) in [5.41, 5.74) is 0.394. The molecule has 0 radical (unpaired) electrons. The van der Waals surface area contributed by atoms with Gasteiger partial charge in [0.1, 0.15) is 5.82 Å². The number of amides is 1. The van der Waals surface area contributed by atoms with Crippen molar-refractivity contribution < 1.29 is 9.18 Å². The Bertz CT molecular complexity index is 736. The number of anilines is 2. The molecule has 1 atom stereocenters. The van der Waals surface area contributed by atoms with Gasteiger partial charge in [0.15, 0.2) is 4.34 Å². The standard InChI is InChI=1S/C15H16ClFN4OS2/c1-9(13(22)18-12-5-4-10(17)8-11(12)16)23-15-20-19-14(24-15)21-6-2-3-7-21/h4-5,8-9H,2-3,6-7H2,1H3,(H,18,22). The second-order valence-electron chi connectivity index (χ2n) is 5.42. The minimum absolute atomic E-state index is 0.174. The van der Waals surface area contributed by atoms with Crippen LogP contribution in [0.4, 0.5) is 15.2 Å². The quantitative estimate of drug-likeness (QED) is 0.785. The Kier molecular flexibility index (Phi) is 5.57. The van der Waals surface area contributed by atoms with Crippen LogP contribution in [-0.4, -0.2) is 34.4 Å². The van der Waals surface area contributed by atoms with Crippen LogP contribution < -0.4 is 10.2 Å². The summed E-state index contributed by atoms with van der Waals surface area (Å²) in [6.45, 7) is 3.81. The highest BCUT2D eigenvalue weighted by molar-refractivity contribution is 8.02. The molecule has 1 aromatic heterocycles. The molecule has 1 aliphatic rings. The zero-order valence-corrected chi connectivity index (χ0v) is 15.3. The van der Waals surface area contributed by atoms with Gasteiger partial charge in [-0.05, 0) is 38.0 Å². The van der Waals surface area contributed by atoms with Crippen LogP contribution in [0.5, 0.6) is 0 Å². The molecule has 1 fully saturated rings. The summed E-state index contributed by atoms with van der Waals surface area (Å²) >= 11 is 8.77. The van der Waals surface area contributed by atoms with Crippen molar-refractivity contribution in [3.63, 3.8) is 0 Å². The van der Waals surface area contributed by atoms with E-state index in [1.54, 1.807) is 6.92 Å². The van der Waals surface area contributed by atoms with Crippen LogP contribution in [0, 0.1) is 5.82 Å². The van der Waals surface area contributed by atoms with E-state index >= 15 is 0 Å². The molecule has 1 unspecified atom stereocenters. The molecule has 1 aromatic carbocycles. The Morgan fingerprint density at radius 1 is 1.42 bits per heavy atom. The smallest absolute Gasteiger partial charge is 0.237 e. The van der Waals surface area contributed by atoms with Gasteiger partial charge in [-0.2, -0.15) is 0 Å². The summed E-state index contributed by atoms with van der Waals surface area (Å²) in [4.78, 5) is 14.5. The maximum absolute atomic E-state index is 13.0. The van der Waals surface area contributed by atoms with E-state index in [-0.39, 0.29) is 16.2 Å². The van der Waals surface area contributed by atoms with E-state index in [4.69, 9.17) is 11.6 Å². The molecule has 0 spiro atoms. The summed E-state index contributed by atoms with van der Waals surface area (Å²) in [7, 11) is 0. The number of nitrogens with zero attached hydrogens (tertiary/aromatic N) is 3. The molecule has 1 N–H and O–H groups in total. The Hall–Kier alpha value is -1.38. The first kappa shape index (κ1) is 17.4. The average molecular weight is 387 g/mol. The van der Waals surface area contributed by atoms with E-state index in [2.05, 4.69) is 20.4 Å². The lowest BCUT2D eigenvalue weighted by Crippen LogP contribution is -2.22. The van der Waals surface area contributed by atoms with Gasteiger partial charge >= 0.3 is 0 Å². The lowest BCUT2D eigenvalue weighted by Gasteiger charge is -2.12. The number of halogens is 2. The van der Waals surface area contributed by atoms with Crippen LogP contribution in [0.3, 0.4) is 0 Å². The molecule has 1 amide bonds. The maximum Gasteiger partial charge on any atom is 0.237 e. The number of benzene rings is 1. The number of nitrogens with one attached hydrogen (secondary N) is 1. The second-order valence-corrected chi connectivity index (χ2v) is 8.37. The number of aromatic nitrogens is 2. The first-order valence-corrected chi connectivity index (χ1v) is 9.61. The molecule has 1 saturated heterocycles. The highest BCUT2D eigenvalue weighted by Crippen LogP contribution is 2.33. The molecule has 128 valence electrons. The monoisotopic (exact) mass is 386 g/mol. The summed E-state index contributed by atoms with van der Waals surface area (Å²) in [5, 5.41) is 11.8. The van der Waals surface area contributed by atoms with Crippen LogP contribution in [0.2, 0.25) is 5.02 Å². The van der Waals surface area contributed by atoms with E-state index in [1.807, 2.05) is 0 Å². The van der Waals surface area contributed by atoms with Crippen molar-refractivity contribution in [2.24, 2.45) is 0 Å². The zero-order valence-electron chi connectivity index (χ0n) is 13.0. The maximum atomic E-state index is 13.0. The van der Waals surface area contributed by atoms with Crippen molar-refractivity contribution in [2.75, 3.05) is 23.3 Å². The number of carbonyl (C=O) groups excluding carboxylic acids is 1. The number of thioether (sulfide) groups is 1. The average Bonchev–Trinajstić information content (AvgIpc) is 3.20. The van der Waals surface area contributed by atoms with Crippen molar-refractivity contribution in [2.45, 2.75) is 29.4 Å². The van der Waals surface area contributed by atoms with Crippen LogP contribution in [-0.2, 0) is 4.79 Å². The molecular formula is C15H16ClFN4OS2. The largest absolute Gasteiger partial charge is 0.347 e. The Balaban J connectivity index is 1.59. The molecule has 0 bridgehead atoms. The van der Waals surface area contributed by atoms with E-state index in [0.29, 0.717) is 5.69 Å². The molecule has 3 rings (SSSR count). The predicted octanol–water partition coefficient (Wildman–Crippen LogP) is 4.05. The van der Waals surface area contributed by atoms with Crippen LogP contribution in [0.15, 0.2) is 22.5 Å². The molecule has 0 aliphatic carbocycles. The first-order valence-electron chi connectivity index (χ1n) is 7.54. The first-order chi connectivity index (χ1) is 11.5. The highest BCUT2D eigenvalue weighted by Gasteiger charge is 2.21. The lowest BCUT2D eigenvalue weighted by molar-refractivity contribution is -0.115. The molecule has 0 saturated carbocycles. The van der Waals surface area contributed by atoms with E-state index < -0.39 is 5.82 Å². The summed E-state index contributed by atoms with van der Waals surface area (Å²) < 4.78 is 13.8. The van der Waals surface area contributed by atoms with Crippen molar-refractivity contribution in [1.82, 2.24) is 10.2 Å². The topological polar surface area (TPSA) is 58.1 Å². The Labute approximate surface area is 152 Å². The van der Waals surface area contributed by atoms with E-state index in [1.165, 1.54) is 54.1 Å². The van der Waals surface area contributed by atoms with Crippen molar-refractivity contribution in [3.05, 3.63) is 29.0 Å². The second kappa shape index (κ2) is 7.67. The predicted molar refractivity (Wildman–Crippen MR) is 96.7 cm³/mol. The van der Waals surface area contributed by atoms with Crippen LogP contribution in [0.1, 0.15) is 19.8 Å². The fourth-order valence-electron chi connectivity index (χ4n) is 2.32. The van der Waals surface area contributed by atoms with Gasteiger partial charge in [0, 0.05) is 13.1 Å². The summed E-state index contributed by atoms with van der Waals surface area (Å²) in [6.07, 6.45) is 2.36. The Morgan fingerprint density at radius 3 is 2.88 bits per heavy atom.